The first-order valence-corrected chi connectivity index (χ1v) is 11.6. The summed E-state index contributed by atoms with van der Waals surface area (Å²) in [6.07, 6.45) is -9.06. The SMILES string of the molecule is Cc1cc(OCc2cc(-c3ccc(C(F)(F)F)cc3)nc(-c3ccc(C(F)(F)F)cc3)n2)ccc1OCC(=O)O. The molecular weight excluding hydrogens is 542 g/mol. The van der Waals surface area contributed by atoms with E-state index in [0.717, 1.165) is 24.3 Å². The number of ether oxygens (including phenoxy) is 2. The van der Waals surface area contributed by atoms with Gasteiger partial charge in [0.1, 0.15) is 18.1 Å². The molecule has 0 aliphatic carbocycles. The number of carboxylic acid groups (broad SMARTS) is 1. The van der Waals surface area contributed by atoms with Gasteiger partial charge in [0, 0.05) is 11.1 Å². The Morgan fingerprint density at radius 2 is 1.35 bits per heavy atom. The molecule has 1 N–H and O–H groups in total. The molecule has 0 bridgehead atoms. The van der Waals surface area contributed by atoms with Crippen LogP contribution in [0.15, 0.2) is 72.8 Å². The zero-order valence-electron chi connectivity index (χ0n) is 20.7. The van der Waals surface area contributed by atoms with Crippen molar-refractivity contribution in [3.8, 4) is 34.1 Å². The zero-order chi connectivity index (χ0) is 29.1. The molecule has 0 atom stereocenters. The van der Waals surface area contributed by atoms with Gasteiger partial charge in [0.25, 0.3) is 0 Å². The van der Waals surface area contributed by atoms with Crippen molar-refractivity contribution in [3.05, 3.63) is 95.2 Å². The Morgan fingerprint density at radius 1 is 0.775 bits per heavy atom. The van der Waals surface area contributed by atoms with Crippen LogP contribution in [0.25, 0.3) is 22.6 Å². The van der Waals surface area contributed by atoms with Crippen molar-refractivity contribution >= 4 is 5.97 Å². The topological polar surface area (TPSA) is 81.5 Å². The fourth-order valence-electron chi connectivity index (χ4n) is 3.66. The summed E-state index contributed by atoms with van der Waals surface area (Å²) in [6, 6.07) is 14.7. The molecule has 6 nitrogen and oxygen atoms in total. The molecule has 40 heavy (non-hydrogen) atoms. The fraction of sp³-hybridized carbons (Fsp3) is 0.179. The maximum Gasteiger partial charge on any atom is 0.416 e. The molecule has 1 aromatic heterocycles. The molecule has 0 aliphatic rings. The van der Waals surface area contributed by atoms with Gasteiger partial charge in [-0.05, 0) is 61.0 Å². The predicted octanol–water partition coefficient (Wildman–Crippen LogP) is 7.20. The van der Waals surface area contributed by atoms with Gasteiger partial charge in [-0.25, -0.2) is 14.8 Å². The summed E-state index contributed by atoms with van der Waals surface area (Å²) < 4.78 is 89.1. The summed E-state index contributed by atoms with van der Waals surface area (Å²) in [5, 5.41) is 8.78. The van der Waals surface area contributed by atoms with E-state index in [2.05, 4.69) is 9.97 Å². The minimum absolute atomic E-state index is 0.0540. The van der Waals surface area contributed by atoms with Crippen LogP contribution >= 0.6 is 0 Å². The Kier molecular flexibility index (Phi) is 7.98. The molecule has 3 aromatic carbocycles. The van der Waals surface area contributed by atoms with E-state index in [9.17, 15) is 31.1 Å². The van der Waals surface area contributed by atoms with Crippen LogP contribution < -0.4 is 9.47 Å². The van der Waals surface area contributed by atoms with Gasteiger partial charge in [-0.1, -0.05) is 24.3 Å². The highest BCUT2D eigenvalue weighted by molar-refractivity contribution is 5.68. The van der Waals surface area contributed by atoms with Crippen molar-refractivity contribution in [2.24, 2.45) is 0 Å². The standard InChI is InChI=1S/C28H20F6N2O4/c1-16-12-22(10-11-24(16)40-15-25(37)38)39-14-21-13-23(17-2-6-19(7-3-17)27(29,30)31)36-26(35-21)18-4-8-20(9-5-18)28(32,33)34/h2-13H,14-15H2,1H3,(H,37,38). The minimum Gasteiger partial charge on any atom is -0.487 e. The Bertz CT molecular complexity index is 1430. The van der Waals surface area contributed by atoms with Crippen LogP contribution in [0.2, 0.25) is 0 Å². The molecule has 208 valence electrons. The van der Waals surface area contributed by atoms with E-state index in [1.165, 1.54) is 36.4 Å². The van der Waals surface area contributed by atoms with Crippen molar-refractivity contribution in [2.45, 2.75) is 25.9 Å². The lowest BCUT2D eigenvalue weighted by atomic mass is 10.1. The molecule has 0 amide bonds. The largest absolute Gasteiger partial charge is 0.487 e. The number of nitrogens with zero attached hydrogens (tertiary/aromatic N) is 2. The number of hydrogen-bond donors (Lipinski definition) is 1. The van der Waals surface area contributed by atoms with Crippen molar-refractivity contribution in [2.75, 3.05) is 6.61 Å². The lowest BCUT2D eigenvalue weighted by Crippen LogP contribution is -2.10. The summed E-state index contributed by atoms with van der Waals surface area (Å²) >= 11 is 0. The molecule has 4 aromatic rings. The smallest absolute Gasteiger partial charge is 0.416 e. The highest BCUT2D eigenvalue weighted by Crippen LogP contribution is 2.33. The number of carboxylic acids is 1. The fourth-order valence-corrected chi connectivity index (χ4v) is 3.66. The minimum atomic E-state index is -4.53. The highest BCUT2D eigenvalue weighted by Gasteiger charge is 2.31. The van der Waals surface area contributed by atoms with Crippen molar-refractivity contribution < 1.29 is 45.7 Å². The first kappa shape index (κ1) is 28.4. The molecule has 0 saturated carbocycles. The first-order chi connectivity index (χ1) is 18.8. The van der Waals surface area contributed by atoms with Crippen LogP contribution in [-0.2, 0) is 23.8 Å². The summed E-state index contributed by atoms with van der Waals surface area (Å²) in [7, 11) is 0. The lowest BCUT2D eigenvalue weighted by Gasteiger charge is -2.13. The van der Waals surface area contributed by atoms with Crippen LogP contribution in [0, 0.1) is 6.92 Å². The van der Waals surface area contributed by atoms with Gasteiger partial charge in [0.05, 0.1) is 22.5 Å². The molecule has 4 rings (SSSR count). The van der Waals surface area contributed by atoms with Gasteiger partial charge < -0.3 is 14.6 Å². The first-order valence-electron chi connectivity index (χ1n) is 11.6. The molecule has 0 fully saturated rings. The van der Waals surface area contributed by atoms with E-state index >= 15 is 0 Å². The molecular formula is C28H20F6N2O4. The van der Waals surface area contributed by atoms with Crippen molar-refractivity contribution in [1.82, 2.24) is 9.97 Å². The quantitative estimate of drug-likeness (QED) is 0.229. The molecule has 1 heterocycles. The third kappa shape index (κ3) is 7.07. The number of halogens is 6. The maximum absolute atomic E-state index is 13.0. The van der Waals surface area contributed by atoms with E-state index < -0.39 is 36.1 Å². The number of aryl methyl sites for hydroxylation is 1. The van der Waals surface area contributed by atoms with Gasteiger partial charge in [-0.2, -0.15) is 26.3 Å². The van der Waals surface area contributed by atoms with Crippen molar-refractivity contribution in [1.29, 1.82) is 0 Å². The summed E-state index contributed by atoms with van der Waals surface area (Å²) in [5.74, 6) is -0.327. The second kappa shape index (κ2) is 11.2. The Morgan fingerprint density at radius 3 is 1.88 bits per heavy atom. The number of rotatable bonds is 8. The molecule has 0 saturated heterocycles. The number of aromatic nitrogens is 2. The summed E-state index contributed by atoms with van der Waals surface area (Å²) in [4.78, 5) is 19.5. The number of alkyl halides is 6. The van der Waals surface area contributed by atoms with Crippen molar-refractivity contribution in [3.63, 3.8) is 0 Å². The summed E-state index contributed by atoms with van der Waals surface area (Å²) in [5.41, 5.74) is 0.0546. The number of aliphatic carboxylic acids is 1. The summed E-state index contributed by atoms with van der Waals surface area (Å²) in [6.45, 7) is 1.07. The molecule has 12 heteroatoms. The van der Waals surface area contributed by atoms with Crippen LogP contribution in [-0.4, -0.2) is 27.7 Å². The third-order valence-corrected chi connectivity index (χ3v) is 5.64. The Labute approximate surface area is 223 Å². The molecule has 0 unspecified atom stereocenters. The Balaban J connectivity index is 1.65. The average molecular weight is 562 g/mol. The van der Waals surface area contributed by atoms with Crippen LogP contribution in [0.3, 0.4) is 0 Å². The molecule has 0 radical (unpaired) electrons. The highest BCUT2D eigenvalue weighted by atomic mass is 19.4. The van der Waals surface area contributed by atoms with Crippen LogP contribution in [0.4, 0.5) is 26.3 Å². The number of carbonyl (C=O) groups is 1. The second-order valence-corrected chi connectivity index (χ2v) is 8.62. The van der Waals surface area contributed by atoms with E-state index in [4.69, 9.17) is 14.6 Å². The van der Waals surface area contributed by atoms with Gasteiger partial charge in [-0.15, -0.1) is 0 Å². The molecule has 0 aliphatic heterocycles. The molecule has 0 spiro atoms. The van der Waals surface area contributed by atoms with Gasteiger partial charge >= 0.3 is 18.3 Å². The maximum atomic E-state index is 13.0. The third-order valence-electron chi connectivity index (χ3n) is 5.64. The van der Waals surface area contributed by atoms with Crippen LogP contribution in [0.5, 0.6) is 11.5 Å². The van der Waals surface area contributed by atoms with E-state index in [1.807, 2.05) is 0 Å². The van der Waals surface area contributed by atoms with E-state index in [1.54, 1.807) is 19.1 Å². The Hall–Kier alpha value is -4.61. The second-order valence-electron chi connectivity index (χ2n) is 8.62. The monoisotopic (exact) mass is 562 g/mol. The van der Waals surface area contributed by atoms with Gasteiger partial charge in [0.15, 0.2) is 12.4 Å². The average Bonchev–Trinajstić information content (AvgIpc) is 2.90. The van der Waals surface area contributed by atoms with E-state index in [-0.39, 0.29) is 23.7 Å². The lowest BCUT2D eigenvalue weighted by molar-refractivity contribution is -0.139. The normalized spacial score (nSPS) is 11.8. The zero-order valence-corrected chi connectivity index (χ0v) is 20.7. The van der Waals surface area contributed by atoms with Gasteiger partial charge in [-0.3, -0.25) is 0 Å². The van der Waals surface area contributed by atoms with Gasteiger partial charge in [0.2, 0.25) is 0 Å². The number of benzene rings is 3. The van der Waals surface area contributed by atoms with Crippen LogP contribution in [0.1, 0.15) is 22.4 Å². The van der Waals surface area contributed by atoms with E-state index in [0.29, 0.717) is 28.3 Å². The predicted molar refractivity (Wildman–Crippen MR) is 132 cm³/mol. The number of hydrogen-bond acceptors (Lipinski definition) is 5.